The Morgan fingerprint density at radius 2 is 2.07 bits per heavy atom. The second-order valence-electron chi connectivity index (χ2n) is 7.15. The van der Waals surface area contributed by atoms with E-state index in [0.717, 1.165) is 5.56 Å². The van der Waals surface area contributed by atoms with Crippen LogP contribution >= 0.6 is 11.8 Å². The van der Waals surface area contributed by atoms with E-state index in [0.29, 0.717) is 22.0 Å². The monoisotopic (exact) mass is 423 g/mol. The van der Waals surface area contributed by atoms with Crippen LogP contribution in [0.1, 0.15) is 34.6 Å². The van der Waals surface area contributed by atoms with E-state index >= 15 is 0 Å². The number of amides is 1. The number of H-pyrrole nitrogens is 1. The summed E-state index contributed by atoms with van der Waals surface area (Å²) in [5.74, 6) is 0.517. The van der Waals surface area contributed by atoms with Gasteiger partial charge in [0.15, 0.2) is 16.7 Å². The number of aryl methyl sites for hydroxylation is 1. The molecule has 1 aromatic heterocycles. The minimum Gasteiger partial charge on any atom is -0.504 e. The largest absolute Gasteiger partial charge is 0.504 e. The second kappa shape index (κ2) is 8.23. The molecule has 3 aromatic rings. The molecule has 4 rings (SSSR count). The topological polar surface area (TPSA) is 104 Å². The number of ether oxygens (including phenoxy) is 1. The molecule has 3 N–H and O–H groups in total. The molecule has 154 valence electrons. The van der Waals surface area contributed by atoms with Gasteiger partial charge in [-0.1, -0.05) is 47.7 Å². The van der Waals surface area contributed by atoms with E-state index in [1.165, 1.54) is 30.5 Å². The first-order valence-corrected chi connectivity index (χ1v) is 10.4. The number of methoxy groups -OCH3 is 1. The molecule has 0 bridgehead atoms. The Morgan fingerprint density at radius 1 is 1.23 bits per heavy atom. The minimum atomic E-state index is -0.477. The first-order chi connectivity index (χ1) is 14.4. The number of hydrogen-bond acceptors (Lipinski definition) is 6. The van der Waals surface area contributed by atoms with E-state index in [-0.39, 0.29) is 35.2 Å². The molecular weight excluding hydrogens is 402 g/mol. The Labute approximate surface area is 177 Å². The molecule has 7 nitrogen and oxygen atoms in total. The van der Waals surface area contributed by atoms with Gasteiger partial charge in [0.25, 0.3) is 5.56 Å². The van der Waals surface area contributed by atoms with Gasteiger partial charge in [-0.2, -0.15) is 0 Å². The van der Waals surface area contributed by atoms with Gasteiger partial charge in [-0.15, -0.1) is 0 Å². The molecule has 0 radical (unpaired) electrons. The Morgan fingerprint density at radius 3 is 2.83 bits per heavy atom. The molecule has 0 aliphatic carbocycles. The summed E-state index contributed by atoms with van der Waals surface area (Å²) in [7, 11) is 1.45. The number of aromatic amines is 1. The molecule has 8 heteroatoms. The van der Waals surface area contributed by atoms with Crippen LogP contribution in [0.25, 0.3) is 0 Å². The maximum atomic E-state index is 12.9. The summed E-state index contributed by atoms with van der Waals surface area (Å²) < 4.78 is 5.17. The fraction of sp³-hybridized carbons (Fsp3) is 0.227. The number of phenols is 1. The summed E-state index contributed by atoms with van der Waals surface area (Å²) in [5, 5.41) is 13.0. The highest BCUT2D eigenvalue weighted by atomic mass is 32.2. The number of nitrogens with one attached hydrogen (secondary N) is 2. The van der Waals surface area contributed by atoms with Gasteiger partial charge in [-0.25, -0.2) is 4.98 Å². The van der Waals surface area contributed by atoms with Crippen LogP contribution in [0.4, 0.5) is 5.82 Å². The third kappa shape index (κ3) is 4.04. The number of anilines is 1. The summed E-state index contributed by atoms with van der Waals surface area (Å²) in [4.78, 5) is 32.6. The van der Waals surface area contributed by atoms with Crippen LogP contribution in [0.5, 0.6) is 11.5 Å². The van der Waals surface area contributed by atoms with E-state index in [9.17, 15) is 14.7 Å². The van der Waals surface area contributed by atoms with Crippen molar-refractivity contribution in [3.05, 3.63) is 75.1 Å². The van der Waals surface area contributed by atoms with Crippen molar-refractivity contribution in [2.24, 2.45) is 0 Å². The Balaban J connectivity index is 1.67. The van der Waals surface area contributed by atoms with Crippen molar-refractivity contribution in [2.45, 2.75) is 30.2 Å². The number of nitrogens with zero attached hydrogens (tertiary/aromatic N) is 1. The molecule has 30 heavy (non-hydrogen) atoms. The number of fused-ring (bicyclic) bond motifs is 1. The van der Waals surface area contributed by atoms with Crippen LogP contribution in [0.2, 0.25) is 0 Å². The van der Waals surface area contributed by atoms with Crippen LogP contribution < -0.4 is 15.6 Å². The van der Waals surface area contributed by atoms with E-state index in [1.54, 1.807) is 12.1 Å². The molecule has 0 unspecified atom stereocenters. The van der Waals surface area contributed by atoms with E-state index in [1.807, 2.05) is 25.1 Å². The van der Waals surface area contributed by atoms with Crippen LogP contribution in [0.15, 0.2) is 52.4 Å². The number of phenolic OH excluding ortho intramolecular Hbond substituents is 1. The van der Waals surface area contributed by atoms with Crippen LogP contribution in [0.3, 0.4) is 0 Å². The van der Waals surface area contributed by atoms with Gasteiger partial charge < -0.3 is 20.1 Å². The van der Waals surface area contributed by atoms with Crippen molar-refractivity contribution >= 4 is 23.5 Å². The summed E-state index contributed by atoms with van der Waals surface area (Å²) in [6.45, 7) is 2.03. The lowest BCUT2D eigenvalue weighted by Gasteiger charge is -2.25. The minimum absolute atomic E-state index is 0.00309. The zero-order valence-corrected chi connectivity index (χ0v) is 17.4. The molecular formula is C22H21N3O4S. The maximum Gasteiger partial charge on any atom is 0.257 e. The van der Waals surface area contributed by atoms with Crippen LogP contribution in [-0.4, -0.2) is 28.1 Å². The van der Waals surface area contributed by atoms with Crippen molar-refractivity contribution in [3.63, 3.8) is 0 Å². The number of rotatable bonds is 5. The lowest BCUT2D eigenvalue weighted by atomic mass is 9.86. The summed E-state index contributed by atoms with van der Waals surface area (Å²) in [6.07, 6.45) is 0.113. The number of carbonyl (C=O) groups excluding carboxylic acids is 1. The number of benzene rings is 2. The van der Waals surface area contributed by atoms with Crippen molar-refractivity contribution in [3.8, 4) is 11.5 Å². The summed E-state index contributed by atoms with van der Waals surface area (Å²) in [5.41, 5.74) is 3.11. The third-order valence-corrected chi connectivity index (χ3v) is 5.94. The predicted octanol–water partition coefficient (Wildman–Crippen LogP) is 3.56. The second-order valence-corrected chi connectivity index (χ2v) is 8.11. The highest BCUT2D eigenvalue weighted by molar-refractivity contribution is 7.98. The molecule has 0 saturated heterocycles. The van der Waals surface area contributed by atoms with E-state index < -0.39 is 5.92 Å². The van der Waals surface area contributed by atoms with E-state index in [4.69, 9.17) is 4.74 Å². The molecule has 2 aromatic carbocycles. The molecule has 2 heterocycles. The molecule has 0 fully saturated rings. The van der Waals surface area contributed by atoms with E-state index in [2.05, 4.69) is 21.4 Å². The van der Waals surface area contributed by atoms with Gasteiger partial charge in [-0.3, -0.25) is 9.59 Å². The molecule has 1 amide bonds. The summed E-state index contributed by atoms with van der Waals surface area (Å²) >= 11 is 1.40. The van der Waals surface area contributed by atoms with Crippen molar-refractivity contribution in [1.82, 2.24) is 9.97 Å². The van der Waals surface area contributed by atoms with Gasteiger partial charge in [0.1, 0.15) is 5.82 Å². The number of aromatic hydroxyl groups is 1. The quantitative estimate of drug-likeness (QED) is 0.428. The van der Waals surface area contributed by atoms with Crippen molar-refractivity contribution in [1.29, 1.82) is 0 Å². The van der Waals surface area contributed by atoms with Crippen molar-refractivity contribution < 1.29 is 14.6 Å². The zero-order valence-electron chi connectivity index (χ0n) is 16.6. The Bertz CT molecular complexity index is 1180. The lowest BCUT2D eigenvalue weighted by Crippen LogP contribution is -2.31. The normalized spacial score (nSPS) is 15.4. The number of aromatic nitrogens is 2. The van der Waals surface area contributed by atoms with Gasteiger partial charge in [0.2, 0.25) is 5.91 Å². The Kier molecular flexibility index (Phi) is 5.50. The Hall–Kier alpha value is -3.26. The number of hydrogen-bond donors (Lipinski definition) is 3. The van der Waals surface area contributed by atoms with Crippen LogP contribution in [0, 0.1) is 6.92 Å². The molecule has 1 aliphatic heterocycles. The number of carbonyl (C=O) groups is 1. The first kappa shape index (κ1) is 20.0. The predicted molar refractivity (Wildman–Crippen MR) is 115 cm³/mol. The lowest BCUT2D eigenvalue weighted by molar-refractivity contribution is -0.116. The first-order valence-electron chi connectivity index (χ1n) is 9.44. The standard InChI is InChI=1S/C22H21N3O4S/c1-12-4-3-5-13(8-12)11-30-22-24-20-19(21(28)25-22)15(10-18(27)23-20)14-6-7-16(26)17(9-14)29-2/h3-9,15,26H,10-11H2,1-2H3,(H2,23,24,25,27,28)/t15-/m1/s1. The highest BCUT2D eigenvalue weighted by Gasteiger charge is 2.31. The third-order valence-electron chi connectivity index (χ3n) is 4.99. The van der Waals surface area contributed by atoms with Gasteiger partial charge in [0, 0.05) is 18.1 Å². The highest BCUT2D eigenvalue weighted by Crippen LogP contribution is 2.38. The summed E-state index contributed by atoms with van der Waals surface area (Å²) in [6, 6.07) is 12.9. The number of thioether (sulfide) groups is 1. The molecule has 1 atom stereocenters. The van der Waals surface area contributed by atoms with Gasteiger partial charge in [-0.05, 0) is 30.2 Å². The molecule has 1 aliphatic rings. The average molecular weight is 423 g/mol. The zero-order chi connectivity index (χ0) is 21.3. The maximum absolute atomic E-state index is 12.9. The van der Waals surface area contributed by atoms with Crippen molar-refractivity contribution in [2.75, 3.05) is 12.4 Å². The smallest absolute Gasteiger partial charge is 0.257 e. The molecule has 0 spiro atoms. The van der Waals surface area contributed by atoms with Gasteiger partial charge >= 0.3 is 0 Å². The van der Waals surface area contributed by atoms with Crippen LogP contribution in [-0.2, 0) is 10.5 Å². The SMILES string of the molecule is COc1cc([C@H]2CC(=O)Nc3nc(SCc4cccc(C)c4)[nH]c(=O)c32)ccc1O. The average Bonchev–Trinajstić information content (AvgIpc) is 2.72. The fourth-order valence-electron chi connectivity index (χ4n) is 3.57. The fourth-order valence-corrected chi connectivity index (χ4v) is 4.37. The molecule has 0 saturated carbocycles. The van der Waals surface area contributed by atoms with Gasteiger partial charge in [0.05, 0.1) is 12.7 Å².